The van der Waals surface area contributed by atoms with Gasteiger partial charge in [-0.1, -0.05) is 6.08 Å². The molecule has 2 bridgehead atoms. The summed E-state index contributed by atoms with van der Waals surface area (Å²) in [7, 11) is 0. The normalized spacial score (nSPS) is 48.2. The van der Waals surface area contributed by atoms with Crippen molar-refractivity contribution in [2.75, 3.05) is 12.5 Å². The standard InChI is InChI=1S/C7H9ClO3/c8-4-7(9)2-1-5-3-10-6(7)11-5/h1-2,5-6,9H,3-4H2/t5-,6+,7+/m0/s1. The molecule has 0 aromatic rings. The maximum absolute atomic E-state index is 9.70. The van der Waals surface area contributed by atoms with Gasteiger partial charge in [0.25, 0.3) is 0 Å². The van der Waals surface area contributed by atoms with Crippen molar-refractivity contribution in [3.05, 3.63) is 12.2 Å². The molecular formula is C7H9ClO3. The second-order valence-electron chi connectivity index (χ2n) is 2.82. The molecule has 0 aromatic heterocycles. The smallest absolute Gasteiger partial charge is 0.192 e. The zero-order valence-electron chi connectivity index (χ0n) is 5.87. The highest BCUT2D eigenvalue weighted by Gasteiger charge is 2.44. The Hall–Kier alpha value is -0.0900. The first kappa shape index (κ1) is 7.55. The van der Waals surface area contributed by atoms with E-state index in [4.69, 9.17) is 21.1 Å². The maximum atomic E-state index is 9.70. The highest BCUT2D eigenvalue weighted by molar-refractivity contribution is 6.18. The lowest BCUT2D eigenvalue weighted by Gasteiger charge is -2.29. The Morgan fingerprint density at radius 3 is 3.27 bits per heavy atom. The lowest BCUT2D eigenvalue weighted by Crippen LogP contribution is -2.45. The molecule has 4 heteroatoms. The van der Waals surface area contributed by atoms with E-state index in [1.165, 1.54) is 0 Å². The molecule has 0 unspecified atom stereocenters. The fourth-order valence-electron chi connectivity index (χ4n) is 1.24. The van der Waals surface area contributed by atoms with Gasteiger partial charge in [-0.25, -0.2) is 0 Å². The van der Waals surface area contributed by atoms with Crippen molar-refractivity contribution in [3.63, 3.8) is 0 Å². The summed E-state index contributed by atoms with van der Waals surface area (Å²) >= 11 is 5.55. The van der Waals surface area contributed by atoms with E-state index >= 15 is 0 Å². The zero-order valence-corrected chi connectivity index (χ0v) is 6.62. The minimum atomic E-state index is -1.13. The van der Waals surface area contributed by atoms with Gasteiger partial charge in [-0.15, -0.1) is 11.6 Å². The van der Waals surface area contributed by atoms with Gasteiger partial charge in [0.05, 0.1) is 12.5 Å². The van der Waals surface area contributed by atoms with E-state index in [9.17, 15) is 5.11 Å². The molecule has 0 aromatic carbocycles. The molecule has 2 aliphatic heterocycles. The molecule has 0 aliphatic carbocycles. The van der Waals surface area contributed by atoms with Crippen molar-refractivity contribution >= 4 is 11.6 Å². The van der Waals surface area contributed by atoms with Crippen molar-refractivity contribution in [1.29, 1.82) is 0 Å². The fraction of sp³-hybridized carbons (Fsp3) is 0.714. The molecule has 2 heterocycles. The summed E-state index contributed by atoms with van der Waals surface area (Å²) in [5.41, 5.74) is -1.13. The molecule has 11 heavy (non-hydrogen) atoms. The lowest BCUT2D eigenvalue weighted by molar-refractivity contribution is -0.159. The summed E-state index contributed by atoms with van der Waals surface area (Å²) < 4.78 is 10.4. The molecule has 2 rings (SSSR count). The fourth-order valence-corrected chi connectivity index (χ4v) is 1.46. The summed E-state index contributed by atoms with van der Waals surface area (Å²) in [6.07, 6.45) is 2.87. The SMILES string of the molecule is O[C@@]1(CCl)C=C[C@H]2CO[C@@H]1O2. The predicted octanol–water partition coefficient (Wildman–Crippen LogP) is 0.268. The molecule has 3 nitrogen and oxygen atoms in total. The first-order valence-electron chi connectivity index (χ1n) is 3.49. The van der Waals surface area contributed by atoms with Crippen LogP contribution >= 0.6 is 11.6 Å². The molecule has 62 valence electrons. The van der Waals surface area contributed by atoms with Crippen LogP contribution in [-0.4, -0.2) is 35.6 Å². The van der Waals surface area contributed by atoms with Crippen molar-refractivity contribution in [2.45, 2.75) is 18.0 Å². The van der Waals surface area contributed by atoms with Crippen LogP contribution in [0.4, 0.5) is 0 Å². The van der Waals surface area contributed by atoms with Crippen LogP contribution in [0.25, 0.3) is 0 Å². The minimum absolute atomic E-state index is 0.00323. The second-order valence-corrected chi connectivity index (χ2v) is 3.09. The Labute approximate surface area is 69.6 Å². The van der Waals surface area contributed by atoms with Crippen molar-refractivity contribution in [3.8, 4) is 0 Å². The second kappa shape index (κ2) is 2.45. The number of aliphatic hydroxyl groups is 1. The van der Waals surface area contributed by atoms with Gasteiger partial charge in [-0.2, -0.15) is 0 Å². The number of hydrogen-bond donors (Lipinski definition) is 1. The van der Waals surface area contributed by atoms with E-state index in [0.717, 1.165) is 0 Å². The van der Waals surface area contributed by atoms with Crippen LogP contribution in [0.15, 0.2) is 12.2 Å². The van der Waals surface area contributed by atoms with Crippen molar-refractivity contribution in [1.82, 2.24) is 0 Å². The van der Waals surface area contributed by atoms with Crippen LogP contribution in [0.2, 0.25) is 0 Å². The van der Waals surface area contributed by atoms with Crippen LogP contribution in [0.1, 0.15) is 0 Å². The van der Waals surface area contributed by atoms with E-state index in [2.05, 4.69) is 0 Å². The molecule has 1 N–H and O–H groups in total. The van der Waals surface area contributed by atoms with Crippen LogP contribution < -0.4 is 0 Å². The lowest BCUT2D eigenvalue weighted by atomic mass is 10.0. The van der Waals surface area contributed by atoms with E-state index in [1.54, 1.807) is 12.2 Å². The summed E-state index contributed by atoms with van der Waals surface area (Å²) in [6, 6.07) is 0. The molecule has 1 fully saturated rings. The highest BCUT2D eigenvalue weighted by atomic mass is 35.5. The predicted molar refractivity (Wildman–Crippen MR) is 39.4 cm³/mol. The quantitative estimate of drug-likeness (QED) is 0.461. The molecule has 0 amide bonds. The summed E-state index contributed by atoms with van der Waals surface area (Å²) in [5, 5.41) is 9.70. The number of rotatable bonds is 1. The minimum Gasteiger partial charge on any atom is -0.379 e. The first-order chi connectivity index (χ1) is 5.24. The van der Waals surface area contributed by atoms with Gasteiger partial charge in [0, 0.05) is 0 Å². The molecule has 3 atom stereocenters. The van der Waals surface area contributed by atoms with Gasteiger partial charge in [0.15, 0.2) is 6.29 Å². The Kier molecular flexibility index (Phi) is 1.68. The van der Waals surface area contributed by atoms with E-state index < -0.39 is 11.9 Å². The van der Waals surface area contributed by atoms with Crippen molar-refractivity contribution in [2.24, 2.45) is 0 Å². The third-order valence-corrected chi connectivity index (χ3v) is 2.36. The van der Waals surface area contributed by atoms with Gasteiger partial charge in [-0.3, -0.25) is 0 Å². The number of alkyl halides is 1. The van der Waals surface area contributed by atoms with Gasteiger partial charge in [0.1, 0.15) is 11.7 Å². The van der Waals surface area contributed by atoms with Gasteiger partial charge in [0.2, 0.25) is 0 Å². The number of halogens is 1. The average molecular weight is 177 g/mol. The molecule has 1 saturated heterocycles. The van der Waals surface area contributed by atoms with E-state index in [1.807, 2.05) is 0 Å². The Bertz CT molecular complexity index is 194. The number of ether oxygens (including phenoxy) is 2. The Morgan fingerprint density at radius 2 is 2.55 bits per heavy atom. The average Bonchev–Trinajstić information content (AvgIpc) is 2.44. The highest BCUT2D eigenvalue weighted by Crippen LogP contribution is 2.30. The van der Waals surface area contributed by atoms with E-state index in [-0.39, 0.29) is 12.0 Å². The van der Waals surface area contributed by atoms with Crippen LogP contribution in [-0.2, 0) is 9.47 Å². The molecule has 0 saturated carbocycles. The molecule has 2 aliphatic rings. The van der Waals surface area contributed by atoms with Crippen LogP contribution in [0.3, 0.4) is 0 Å². The monoisotopic (exact) mass is 176 g/mol. The summed E-state index contributed by atoms with van der Waals surface area (Å²) in [5.74, 6) is 0.0981. The Balaban J connectivity index is 2.24. The molecule has 0 radical (unpaired) electrons. The molecular weight excluding hydrogens is 168 g/mol. The van der Waals surface area contributed by atoms with E-state index in [0.29, 0.717) is 6.61 Å². The largest absolute Gasteiger partial charge is 0.379 e. The van der Waals surface area contributed by atoms with Gasteiger partial charge >= 0.3 is 0 Å². The van der Waals surface area contributed by atoms with Crippen LogP contribution in [0.5, 0.6) is 0 Å². The van der Waals surface area contributed by atoms with Crippen molar-refractivity contribution < 1.29 is 14.6 Å². The zero-order chi connectivity index (χ0) is 7.90. The third-order valence-electron chi connectivity index (χ3n) is 1.93. The summed E-state index contributed by atoms with van der Waals surface area (Å²) in [4.78, 5) is 0. The van der Waals surface area contributed by atoms with Crippen LogP contribution in [0, 0.1) is 0 Å². The van der Waals surface area contributed by atoms with Gasteiger partial charge < -0.3 is 14.6 Å². The Morgan fingerprint density at radius 1 is 1.73 bits per heavy atom. The summed E-state index contributed by atoms with van der Waals surface area (Å²) in [6.45, 7) is 0.514. The number of hydrogen-bond acceptors (Lipinski definition) is 3. The number of fused-ring (bicyclic) bond motifs is 2. The maximum Gasteiger partial charge on any atom is 0.192 e. The topological polar surface area (TPSA) is 38.7 Å². The first-order valence-corrected chi connectivity index (χ1v) is 4.03. The van der Waals surface area contributed by atoms with Gasteiger partial charge in [-0.05, 0) is 6.08 Å². The molecule has 0 spiro atoms. The third kappa shape index (κ3) is 1.08.